The van der Waals surface area contributed by atoms with Gasteiger partial charge in [0.1, 0.15) is 0 Å². The van der Waals surface area contributed by atoms with E-state index in [1.807, 2.05) is 0 Å². The smallest absolute Gasteiger partial charge is 0.321 e. The molecule has 0 saturated carbocycles. The Morgan fingerprint density at radius 2 is 1.80 bits per heavy atom. The summed E-state index contributed by atoms with van der Waals surface area (Å²) in [6.45, 7) is -0.195. The number of nitro groups is 1. The lowest BCUT2D eigenvalue weighted by molar-refractivity contribution is -0.384. The van der Waals surface area contributed by atoms with Crippen LogP contribution in [-0.2, 0) is 6.61 Å². The van der Waals surface area contributed by atoms with E-state index in [1.54, 1.807) is 0 Å². The Balaban J connectivity index is 2.30. The summed E-state index contributed by atoms with van der Waals surface area (Å²) in [5, 5.41) is 19.4. The zero-order valence-electron chi connectivity index (χ0n) is 9.79. The number of hydrogen-bond donors (Lipinski definition) is 1. The molecule has 2 rings (SSSR count). The molecule has 20 heavy (non-hydrogen) atoms. The Labute approximate surface area is 122 Å². The van der Waals surface area contributed by atoms with Crippen molar-refractivity contribution >= 4 is 28.9 Å². The number of ether oxygens (including phenoxy) is 1. The quantitative estimate of drug-likeness (QED) is 0.688. The number of benzene rings is 1. The number of nitrogens with zero attached hydrogens (tertiary/aromatic N) is 3. The minimum atomic E-state index is -0.617. The van der Waals surface area contributed by atoms with Crippen LogP contribution in [0.4, 0.5) is 5.69 Å². The summed E-state index contributed by atoms with van der Waals surface area (Å²) in [4.78, 5) is 17.7. The molecule has 0 fully saturated rings. The Bertz CT molecular complexity index is 626. The van der Waals surface area contributed by atoms with Crippen LogP contribution >= 0.6 is 23.2 Å². The Morgan fingerprint density at radius 1 is 1.25 bits per heavy atom. The van der Waals surface area contributed by atoms with Crippen molar-refractivity contribution in [2.24, 2.45) is 0 Å². The van der Waals surface area contributed by atoms with E-state index in [1.165, 1.54) is 12.4 Å². The van der Waals surface area contributed by atoms with Gasteiger partial charge in [0.2, 0.25) is 0 Å². The van der Waals surface area contributed by atoms with Gasteiger partial charge in [0.25, 0.3) is 5.69 Å². The monoisotopic (exact) mass is 315 g/mol. The average Bonchev–Trinajstić information content (AvgIpc) is 2.43. The van der Waals surface area contributed by atoms with E-state index >= 15 is 0 Å². The van der Waals surface area contributed by atoms with Crippen molar-refractivity contribution in [1.29, 1.82) is 0 Å². The van der Waals surface area contributed by atoms with Crippen LogP contribution in [0.15, 0.2) is 24.5 Å². The molecule has 2 aromatic rings. The molecule has 0 aliphatic carbocycles. The van der Waals surface area contributed by atoms with Crippen molar-refractivity contribution in [1.82, 2.24) is 9.97 Å². The van der Waals surface area contributed by atoms with E-state index in [0.717, 1.165) is 12.1 Å². The predicted molar refractivity (Wildman–Crippen MR) is 71.1 cm³/mol. The third-order valence-corrected chi connectivity index (χ3v) is 2.81. The number of aliphatic hydroxyl groups is 1. The second kappa shape index (κ2) is 6.00. The third kappa shape index (κ3) is 3.13. The van der Waals surface area contributed by atoms with Gasteiger partial charge < -0.3 is 9.84 Å². The number of halogens is 2. The minimum Gasteiger partial charge on any atom is -0.421 e. The number of rotatable bonds is 4. The second-order valence-electron chi connectivity index (χ2n) is 3.63. The molecule has 1 N–H and O–H groups in total. The summed E-state index contributed by atoms with van der Waals surface area (Å²) in [5.74, 6) is 0.0238. The molecule has 7 nitrogen and oxygen atoms in total. The van der Waals surface area contributed by atoms with Gasteiger partial charge in [-0.25, -0.2) is 9.97 Å². The lowest BCUT2D eigenvalue weighted by Gasteiger charge is -2.07. The summed E-state index contributed by atoms with van der Waals surface area (Å²) in [6.07, 6.45) is 2.74. The van der Waals surface area contributed by atoms with E-state index < -0.39 is 4.92 Å². The average molecular weight is 316 g/mol. The first-order valence-electron chi connectivity index (χ1n) is 5.24. The normalized spacial score (nSPS) is 10.3. The first-order valence-corrected chi connectivity index (χ1v) is 6.00. The molecule has 0 spiro atoms. The lowest BCUT2D eigenvalue weighted by Crippen LogP contribution is -1.96. The Hall–Kier alpha value is -1.96. The van der Waals surface area contributed by atoms with Crippen LogP contribution in [-0.4, -0.2) is 20.0 Å². The molecule has 0 amide bonds. The van der Waals surface area contributed by atoms with Gasteiger partial charge in [-0.15, -0.1) is 0 Å². The SMILES string of the molecule is O=[N+]([O-])c1cc(Cl)c(Oc2ncc(CO)cn2)c(Cl)c1. The van der Waals surface area contributed by atoms with Crippen LogP contribution in [0.3, 0.4) is 0 Å². The number of hydrogen-bond acceptors (Lipinski definition) is 6. The third-order valence-electron chi connectivity index (χ3n) is 2.25. The first-order chi connectivity index (χ1) is 9.51. The van der Waals surface area contributed by atoms with Crippen molar-refractivity contribution in [2.45, 2.75) is 6.61 Å². The maximum atomic E-state index is 10.6. The largest absolute Gasteiger partial charge is 0.421 e. The van der Waals surface area contributed by atoms with Crippen molar-refractivity contribution in [3.05, 3.63) is 50.2 Å². The zero-order valence-corrected chi connectivity index (χ0v) is 11.3. The van der Waals surface area contributed by atoms with Gasteiger partial charge >= 0.3 is 6.01 Å². The standard InChI is InChI=1S/C11H7Cl2N3O4/c12-8-1-7(16(18)19)2-9(13)10(8)20-11-14-3-6(5-17)4-15-11/h1-4,17H,5H2. The maximum Gasteiger partial charge on any atom is 0.321 e. The van der Waals surface area contributed by atoms with Gasteiger partial charge in [0, 0.05) is 30.1 Å². The summed E-state index contributed by atoms with van der Waals surface area (Å²) >= 11 is 11.8. The highest BCUT2D eigenvalue weighted by atomic mass is 35.5. The highest BCUT2D eigenvalue weighted by Crippen LogP contribution is 2.38. The molecule has 1 aromatic heterocycles. The first kappa shape index (κ1) is 14.4. The second-order valence-corrected chi connectivity index (χ2v) is 4.44. The van der Waals surface area contributed by atoms with E-state index in [-0.39, 0.29) is 34.1 Å². The molecular formula is C11H7Cl2N3O4. The van der Waals surface area contributed by atoms with Gasteiger partial charge in [-0.05, 0) is 0 Å². The van der Waals surface area contributed by atoms with Crippen LogP contribution in [0.1, 0.15) is 5.56 Å². The molecular weight excluding hydrogens is 309 g/mol. The van der Waals surface area contributed by atoms with Gasteiger partial charge in [0.15, 0.2) is 5.75 Å². The molecule has 0 bridgehead atoms. The molecule has 1 aromatic carbocycles. The molecule has 104 valence electrons. The number of non-ortho nitro benzene ring substituents is 1. The van der Waals surface area contributed by atoms with Crippen molar-refractivity contribution in [2.75, 3.05) is 0 Å². The van der Waals surface area contributed by atoms with Crippen LogP contribution in [0, 0.1) is 10.1 Å². The summed E-state index contributed by atoms with van der Waals surface area (Å²) < 4.78 is 5.28. The van der Waals surface area contributed by atoms with Crippen molar-refractivity contribution in [3.63, 3.8) is 0 Å². The van der Waals surface area contributed by atoms with Crippen molar-refractivity contribution < 1.29 is 14.8 Å². The number of aromatic nitrogens is 2. The highest BCUT2D eigenvalue weighted by molar-refractivity contribution is 6.37. The van der Waals surface area contributed by atoms with Gasteiger partial charge in [0.05, 0.1) is 21.6 Å². The molecule has 9 heteroatoms. The molecule has 0 atom stereocenters. The van der Waals surface area contributed by atoms with E-state index in [0.29, 0.717) is 5.56 Å². The molecule has 0 aliphatic heterocycles. The van der Waals surface area contributed by atoms with Gasteiger partial charge in [-0.3, -0.25) is 10.1 Å². The zero-order chi connectivity index (χ0) is 14.7. The number of aliphatic hydroxyl groups excluding tert-OH is 1. The van der Waals surface area contributed by atoms with E-state index in [2.05, 4.69) is 9.97 Å². The van der Waals surface area contributed by atoms with Gasteiger partial charge in [-0.2, -0.15) is 0 Å². The fourth-order valence-corrected chi connectivity index (χ4v) is 1.87. The van der Waals surface area contributed by atoms with E-state index in [9.17, 15) is 10.1 Å². The molecule has 0 radical (unpaired) electrons. The Morgan fingerprint density at radius 3 is 2.25 bits per heavy atom. The van der Waals surface area contributed by atoms with Crippen LogP contribution in [0.2, 0.25) is 10.0 Å². The molecule has 1 heterocycles. The minimum absolute atomic E-state index is 0.0238. The topological polar surface area (TPSA) is 98.4 Å². The maximum absolute atomic E-state index is 10.6. The summed E-state index contributed by atoms with van der Waals surface area (Å²) in [7, 11) is 0. The van der Waals surface area contributed by atoms with Crippen LogP contribution in [0.5, 0.6) is 11.8 Å². The Kier molecular flexibility index (Phi) is 4.33. The van der Waals surface area contributed by atoms with E-state index in [4.69, 9.17) is 33.0 Å². The molecule has 0 saturated heterocycles. The van der Waals surface area contributed by atoms with Crippen LogP contribution in [0.25, 0.3) is 0 Å². The van der Waals surface area contributed by atoms with Crippen LogP contribution < -0.4 is 4.74 Å². The number of nitro benzene ring substituents is 1. The molecule has 0 aliphatic rings. The predicted octanol–water partition coefficient (Wildman–Crippen LogP) is 2.98. The fourth-order valence-electron chi connectivity index (χ4n) is 1.32. The lowest BCUT2D eigenvalue weighted by atomic mass is 10.3. The summed E-state index contributed by atoms with van der Waals surface area (Å²) in [5.41, 5.74) is 0.266. The van der Waals surface area contributed by atoms with Gasteiger partial charge in [-0.1, -0.05) is 23.2 Å². The summed E-state index contributed by atoms with van der Waals surface area (Å²) in [6, 6.07) is 2.19. The van der Waals surface area contributed by atoms with Crippen molar-refractivity contribution in [3.8, 4) is 11.8 Å². The highest BCUT2D eigenvalue weighted by Gasteiger charge is 2.17. The molecule has 0 unspecified atom stereocenters. The fraction of sp³-hybridized carbons (Fsp3) is 0.0909.